The first kappa shape index (κ1) is 18.4. The molecule has 0 radical (unpaired) electrons. The molecule has 1 aliphatic heterocycles. The maximum Gasteiger partial charge on any atom is 0.416 e. The van der Waals surface area contributed by atoms with Gasteiger partial charge in [-0.3, -0.25) is 0 Å². The number of ether oxygens (including phenoxy) is 3. The monoisotopic (exact) mass is 367 g/mol. The molecule has 0 saturated heterocycles. The van der Waals surface area contributed by atoms with Gasteiger partial charge in [0, 0.05) is 30.2 Å². The van der Waals surface area contributed by atoms with E-state index in [9.17, 15) is 13.2 Å². The minimum Gasteiger partial charge on any atom is -0.497 e. The number of likely N-dealkylation sites (N-methyl/N-ethyl adjacent to an activating group) is 1. The quantitative estimate of drug-likeness (QED) is 0.870. The molecule has 0 amide bonds. The summed E-state index contributed by atoms with van der Waals surface area (Å²) in [6.45, 7) is 0.551. The standard InChI is InChI=1S/C19H20F3NO3/c1-23-10-14-7-11-6-12(19(20,21)22)8-16(18(11)26-14)15-5-4-13(24-2)9-17(15)25-3/h4-6,8-9,14,23H,7,10H2,1-3H3. The van der Waals surface area contributed by atoms with Crippen LogP contribution < -0.4 is 19.5 Å². The maximum absolute atomic E-state index is 13.4. The molecule has 2 aromatic rings. The summed E-state index contributed by atoms with van der Waals surface area (Å²) in [5.41, 5.74) is 0.750. The summed E-state index contributed by atoms with van der Waals surface area (Å²) in [7, 11) is 4.76. The minimum absolute atomic E-state index is 0.207. The molecular weight excluding hydrogens is 347 g/mol. The Morgan fingerprint density at radius 2 is 1.88 bits per heavy atom. The maximum atomic E-state index is 13.4. The van der Waals surface area contributed by atoms with Crippen molar-refractivity contribution >= 4 is 0 Å². The van der Waals surface area contributed by atoms with E-state index in [4.69, 9.17) is 14.2 Å². The molecule has 2 aromatic carbocycles. The van der Waals surface area contributed by atoms with Crippen LogP contribution >= 0.6 is 0 Å². The lowest BCUT2D eigenvalue weighted by atomic mass is 9.96. The van der Waals surface area contributed by atoms with Crippen molar-refractivity contribution in [2.45, 2.75) is 18.7 Å². The van der Waals surface area contributed by atoms with Crippen molar-refractivity contribution in [1.82, 2.24) is 5.32 Å². The molecule has 140 valence electrons. The third-order valence-corrected chi connectivity index (χ3v) is 4.36. The molecule has 0 spiro atoms. The number of alkyl halides is 3. The highest BCUT2D eigenvalue weighted by molar-refractivity contribution is 5.79. The van der Waals surface area contributed by atoms with Crippen LogP contribution in [0.3, 0.4) is 0 Å². The molecule has 0 bridgehead atoms. The van der Waals surface area contributed by atoms with Gasteiger partial charge >= 0.3 is 6.18 Å². The van der Waals surface area contributed by atoms with Gasteiger partial charge < -0.3 is 19.5 Å². The van der Waals surface area contributed by atoms with Crippen LogP contribution in [-0.4, -0.2) is 33.9 Å². The fourth-order valence-corrected chi connectivity index (χ4v) is 3.16. The van der Waals surface area contributed by atoms with Crippen LogP contribution in [-0.2, 0) is 12.6 Å². The number of halogens is 3. The predicted octanol–water partition coefficient (Wildman–Crippen LogP) is 3.91. The predicted molar refractivity (Wildman–Crippen MR) is 92.0 cm³/mol. The average Bonchev–Trinajstić information content (AvgIpc) is 3.02. The lowest BCUT2D eigenvalue weighted by Crippen LogP contribution is -2.27. The second kappa shape index (κ2) is 7.07. The topological polar surface area (TPSA) is 39.7 Å². The van der Waals surface area contributed by atoms with Crippen LogP contribution in [0.25, 0.3) is 11.1 Å². The summed E-state index contributed by atoms with van der Waals surface area (Å²) in [6, 6.07) is 7.30. The van der Waals surface area contributed by atoms with E-state index in [1.807, 2.05) is 0 Å². The summed E-state index contributed by atoms with van der Waals surface area (Å²) in [6.07, 6.45) is -4.22. The zero-order chi connectivity index (χ0) is 18.9. The van der Waals surface area contributed by atoms with Gasteiger partial charge in [-0.1, -0.05) is 0 Å². The Hall–Kier alpha value is -2.41. The molecule has 0 saturated carbocycles. The highest BCUT2D eigenvalue weighted by atomic mass is 19.4. The SMILES string of the molecule is CNCC1Cc2cc(C(F)(F)F)cc(-c3ccc(OC)cc3OC)c2O1. The highest BCUT2D eigenvalue weighted by Crippen LogP contribution is 2.46. The number of hydrogen-bond acceptors (Lipinski definition) is 4. The third kappa shape index (κ3) is 3.44. The molecule has 1 atom stereocenters. The molecular formula is C19H20F3NO3. The highest BCUT2D eigenvalue weighted by Gasteiger charge is 2.35. The first-order chi connectivity index (χ1) is 12.4. The van der Waals surface area contributed by atoms with Crippen molar-refractivity contribution < 1.29 is 27.4 Å². The van der Waals surface area contributed by atoms with Crippen molar-refractivity contribution in [1.29, 1.82) is 0 Å². The summed E-state index contributed by atoms with van der Waals surface area (Å²) >= 11 is 0. The summed E-state index contributed by atoms with van der Waals surface area (Å²) in [5.74, 6) is 1.46. The van der Waals surface area contributed by atoms with Gasteiger partial charge in [-0.2, -0.15) is 13.2 Å². The summed E-state index contributed by atoms with van der Waals surface area (Å²) in [5, 5.41) is 3.00. The summed E-state index contributed by atoms with van der Waals surface area (Å²) < 4.78 is 56.7. The molecule has 26 heavy (non-hydrogen) atoms. The molecule has 4 nitrogen and oxygen atoms in total. The lowest BCUT2D eigenvalue weighted by Gasteiger charge is -2.17. The molecule has 1 unspecified atom stereocenters. The van der Waals surface area contributed by atoms with Crippen molar-refractivity contribution in [3.05, 3.63) is 41.5 Å². The fourth-order valence-electron chi connectivity index (χ4n) is 3.16. The third-order valence-electron chi connectivity index (χ3n) is 4.36. The first-order valence-corrected chi connectivity index (χ1v) is 8.15. The number of benzene rings is 2. The van der Waals surface area contributed by atoms with Crippen LogP contribution in [0.2, 0.25) is 0 Å². The number of fused-ring (bicyclic) bond motifs is 1. The van der Waals surface area contributed by atoms with E-state index in [-0.39, 0.29) is 6.10 Å². The van der Waals surface area contributed by atoms with E-state index in [0.717, 1.165) is 6.07 Å². The van der Waals surface area contributed by atoms with Crippen LogP contribution in [0.1, 0.15) is 11.1 Å². The molecule has 0 aliphatic carbocycles. The molecule has 0 fully saturated rings. The van der Waals surface area contributed by atoms with Crippen molar-refractivity contribution in [3.8, 4) is 28.4 Å². The van der Waals surface area contributed by atoms with E-state index in [1.165, 1.54) is 20.3 Å². The molecule has 0 aromatic heterocycles. The molecule has 1 aliphatic rings. The first-order valence-electron chi connectivity index (χ1n) is 8.15. The van der Waals surface area contributed by atoms with Gasteiger partial charge in [0.05, 0.1) is 19.8 Å². The van der Waals surface area contributed by atoms with E-state index >= 15 is 0 Å². The Morgan fingerprint density at radius 3 is 2.50 bits per heavy atom. The Labute approximate surface area is 149 Å². The van der Waals surface area contributed by atoms with Gasteiger partial charge in [0.1, 0.15) is 23.4 Å². The molecule has 1 N–H and O–H groups in total. The van der Waals surface area contributed by atoms with Gasteiger partial charge in [-0.05, 0) is 36.9 Å². The van der Waals surface area contributed by atoms with Gasteiger partial charge in [0.2, 0.25) is 0 Å². The van der Waals surface area contributed by atoms with Crippen LogP contribution in [0.5, 0.6) is 17.2 Å². The Bertz CT molecular complexity index is 805. The van der Waals surface area contributed by atoms with Gasteiger partial charge in [0.25, 0.3) is 0 Å². The summed E-state index contributed by atoms with van der Waals surface area (Å²) in [4.78, 5) is 0. The van der Waals surface area contributed by atoms with Crippen LogP contribution in [0.4, 0.5) is 13.2 Å². The molecule has 3 rings (SSSR count). The van der Waals surface area contributed by atoms with Gasteiger partial charge in [-0.15, -0.1) is 0 Å². The van der Waals surface area contributed by atoms with Crippen LogP contribution in [0.15, 0.2) is 30.3 Å². The number of hydrogen-bond donors (Lipinski definition) is 1. The van der Waals surface area contributed by atoms with Crippen molar-refractivity contribution in [2.75, 3.05) is 27.8 Å². The van der Waals surface area contributed by atoms with E-state index in [1.54, 1.807) is 25.2 Å². The van der Waals surface area contributed by atoms with E-state index in [2.05, 4.69) is 5.32 Å². The molecule has 1 heterocycles. The molecule has 7 heteroatoms. The Balaban J connectivity index is 2.17. The normalized spacial score (nSPS) is 16.2. The Morgan fingerprint density at radius 1 is 1.12 bits per heavy atom. The largest absolute Gasteiger partial charge is 0.497 e. The van der Waals surface area contributed by atoms with Crippen LogP contribution in [0, 0.1) is 0 Å². The average molecular weight is 367 g/mol. The number of methoxy groups -OCH3 is 2. The number of nitrogens with one attached hydrogen (secondary N) is 1. The lowest BCUT2D eigenvalue weighted by molar-refractivity contribution is -0.137. The van der Waals surface area contributed by atoms with E-state index in [0.29, 0.717) is 46.9 Å². The second-order valence-electron chi connectivity index (χ2n) is 6.08. The van der Waals surface area contributed by atoms with Crippen molar-refractivity contribution in [2.24, 2.45) is 0 Å². The van der Waals surface area contributed by atoms with Crippen molar-refractivity contribution in [3.63, 3.8) is 0 Å². The van der Waals surface area contributed by atoms with Gasteiger partial charge in [0.15, 0.2) is 0 Å². The number of rotatable bonds is 5. The van der Waals surface area contributed by atoms with E-state index < -0.39 is 11.7 Å². The fraction of sp³-hybridized carbons (Fsp3) is 0.368. The zero-order valence-electron chi connectivity index (χ0n) is 14.7. The van der Waals surface area contributed by atoms with Gasteiger partial charge in [-0.25, -0.2) is 0 Å². The minimum atomic E-state index is -4.44. The second-order valence-corrected chi connectivity index (χ2v) is 6.08. The Kier molecular flexibility index (Phi) is 5.00. The smallest absolute Gasteiger partial charge is 0.416 e. The zero-order valence-corrected chi connectivity index (χ0v) is 14.7.